The van der Waals surface area contributed by atoms with Gasteiger partial charge in [0.25, 0.3) is 0 Å². The van der Waals surface area contributed by atoms with Gasteiger partial charge in [0.15, 0.2) is 0 Å². The summed E-state index contributed by atoms with van der Waals surface area (Å²) in [6, 6.07) is 26.0. The highest BCUT2D eigenvalue weighted by molar-refractivity contribution is 9.10. The van der Waals surface area contributed by atoms with Gasteiger partial charge in [-0.15, -0.1) is 11.8 Å². The highest BCUT2D eigenvalue weighted by Crippen LogP contribution is 2.22. The van der Waals surface area contributed by atoms with Crippen LogP contribution in [0.25, 0.3) is 0 Å². The number of benzene rings is 3. The van der Waals surface area contributed by atoms with Crippen molar-refractivity contribution >= 4 is 39.5 Å². The normalized spacial score (nSPS) is 14.3. The summed E-state index contributed by atoms with van der Waals surface area (Å²) in [6.07, 6.45) is 4.80. The number of thioether (sulfide) groups is 1. The summed E-state index contributed by atoms with van der Waals surface area (Å²) in [7, 11) is 0. The molecule has 0 heterocycles. The molecule has 0 radical (unpaired) electrons. The molecule has 1 atom stereocenters. The van der Waals surface area contributed by atoms with Gasteiger partial charge in [0.2, 0.25) is 11.8 Å². The fraction of sp³-hybridized carbons (Fsp3) is 0.355. The molecule has 0 bridgehead atoms. The maximum Gasteiger partial charge on any atom is 0.243 e. The minimum Gasteiger partial charge on any atom is -0.352 e. The van der Waals surface area contributed by atoms with Crippen LogP contribution in [0.4, 0.5) is 0 Å². The predicted molar refractivity (Wildman–Crippen MR) is 156 cm³/mol. The Morgan fingerprint density at radius 1 is 0.946 bits per heavy atom. The van der Waals surface area contributed by atoms with Crippen molar-refractivity contribution in [3.63, 3.8) is 0 Å². The summed E-state index contributed by atoms with van der Waals surface area (Å²) in [5, 5.41) is 3.27. The zero-order valence-corrected chi connectivity index (χ0v) is 23.8. The van der Waals surface area contributed by atoms with Crippen molar-refractivity contribution < 1.29 is 9.59 Å². The fourth-order valence-electron chi connectivity index (χ4n) is 4.85. The van der Waals surface area contributed by atoms with Crippen LogP contribution in [0.1, 0.15) is 47.9 Å². The molecule has 4 rings (SSSR count). The molecule has 0 saturated heterocycles. The van der Waals surface area contributed by atoms with E-state index in [0.29, 0.717) is 18.7 Å². The molecule has 1 fully saturated rings. The molecule has 37 heavy (non-hydrogen) atoms. The molecule has 0 aliphatic heterocycles. The standard InChI is InChI=1S/C31H35BrN2O2S/c1-23-8-7-11-26(18-23)21-37-22-30(35)34(20-25-14-16-27(32)17-15-25)29(19-24-9-3-2-4-10-24)31(36)33-28-12-5-6-13-28/h2-4,7-11,14-18,28-29H,5-6,12-13,19-22H2,1H3,(H,33,36)/t29-/m1/s1. The summed E-state index contributed by atoms with van der Waals surface area (Å²) in [4.78, 5) is 29.3. The maximum absolute atomic E-state index is 13.8. The van der Waals surface area contributed by atoms with Crippen molar-refractivity contribution in [3.8, 4) is 0 Å². The first-order valence-electron chi connectivity index (χ1n) is 13.0. The first-order valence-corrected chi connectivity index (χ1v) is 14.9. The lowest BCUT2D eigenvalue weighted by atomic mass is 10.0. The third-order valence-corrected chi connectivity index (χ3v) is 8.33. The minimum atomic E-state index is -0.571. The Morgan fingerprint density at radius 2 is 1.65 bits per heavy atom. The van der Waals surface area contributed by atoms with E-state index >= 15 is 0 Å². The number of carbonyl (C=O) groups excluding carboxylic acids is 2. The average molecular weight is 580 g/mol. The molecule has 194 valence electrons. The van der Waals surface area contributed by atoms with E-state index in [0.717, 1.165) is 47.0 Å². The molecular formula is C31H35BrN2O2S. The third kappa shape index (κ3) is 8.47. The second-order valence-electron chi connectivity index (χ2n) is 9.83. The van der Waals surface area contributed by atoms with Gasteiger partial charge >= 0.3 is 0 Å². The second-order valence-corrected chi connectivity index (χ2v) is 11.7. The van der Waals surface area contributed by atoms with E-state index in [4.69, 9.17) is 0 Å². The van der Waals surface area contributed by atoms with Crippen LogP contribution >= 0.6 is 27.7 Å². The van der Waals surface area contributed by atoms with Gasteiger partial charge in [-0.1, -0.05) is 101 Å². The molecule has 4 nitrogen and oxygen atoms in total. The molecule has 1 saturated carbocycles. The van der Waals surface area contributed by atoms with Crippen molar-refractivity contribution in [2.24, 2.45) is 0 Å². The van der Waals surface area contributed by atoms with Crippen LogP contribution < -0.4 is 5.32 Å². The van der Waals surface area contributed by atoms with Crippen LogP contribution in [-0.2, 0) is 28.3 Å². The monoisotopic (exact) mass is 578 g/mol. The molecule has 1 aliphatic carbocycles. The quantitative estimate of drug-likeness (QED) is 0.276. The Bertz CT molecular complexity index is 1160. The van der Waals surface area contributed by atoms with Gasteiger partial charge in [0.1, 0.15) is 6.04 Å². The van der Waals surface area contributed by atoms with Gasteiger partial charge in [0.05, 0.1) is 5.75 Å². The molecular weight excluding hydrogens is 544 g/mol. The third-order valence-electron chi connectivity index (χ3n) is 6.82. The minimum absolute atomic E-state index is 0.0110. The van der Waals surface area contributed by atoms with Crippen molar-refractivity contribution in [2.45, 2.75) is 63.4 Å². The number of hydrogen-bond donors (Lipinski definition) is 1. The van der Waals surface area contributed by atoms with Gasteiger partial charge in [-0.3, -0.25) is 9.59 Å². The molecule has 3 aromatic carbocycles. The Morgan fingerprint density at radius 3 is 2.35 bits per heavy atom. The molecule has 3 aromatic rings. The number of hydrogen-bond acceptors (Lipinski definition) is 3. The van der Waals surface area contributed by atoms with E-state index in [2.05, 4.69) is 52.4 Å². The molecule has 1 N–H and O–H groups in total. The molecule has 6 heteroatoms. The maximum atomic E-state index is 13.8. The van der Waals surface area contributed by atoms with Crippen molar-refractivity contribution in [3.05, 3.63) is 106 Å². The SMILES string of the molecule is Cc1cccc(CSCC(=O)N(Cc2ccc(Br)cc2)[C@H](Cc2ccccc2)C(=O)NC2CCCC2)c1. The number of aryl methyl sites for hydroxylation is 1. The molecule has 0 spiro atoms. The van der Waals surface area contributed by atoms with Gasteiger partial charge in [-0.05, 0) is 48.6 Å². The fourth-order valence-corrected chi connectivity index (χ4v) is 5.97. The lowest BCUT2D eigenvalue weighted by Crippen LogP contribution is -2.52. The lowest BCUT2D eigenvalue weighted by molar-refractivity contribution is -0.139. The van der Waals surface area contributed by atoms with E-state index in [1.54, 1.807) is 16.7 Å². The zero-order chi connectivity index (χ0) is 26.0. The average Bonchev–Trinajstić information content (AvgIpc) is 3.41. The van der Waals surface area contributed by atoms with E-state index < -0.39 is 6.04 Å². The number of nitrogens with zero attached hydrogens (tertiary/aromatic N) is 1. The first-order chi connectivity index (χ1) is 18.0. The molecule has 1 aliphatic rings. The predicted octanol–water partition coefficient (Wildman–Crippen LogP) is 6.69. The lowest BCUT2D eigenvalue weighted by Gasteiger charge is -2.32. The van der Waals surface area contributed by atoms with Crippen LogP contribution in [0.15, 0.2) is 83.3 Å². The van der Waals surface area contributed by atoms with Gasteiger partial charge < -0.3 is 10.2 Å². The summed E-state index contributed by atoms with van der Waals surface area (Å²) in [5.41, 5.74) is 4.48. The van der Waals surface area contributed by atoms with Crippen LogP contribution in [0.2, 0.25) is 0 Å². The largest absolute Gasteiger partial charge is 0.352 e. The second kappa shape index (κ2) is 13.8. The summed E-state index contributed by atoms with van der Waals surface area (Å²) >= 11 is 5.10. The Labute approximate surface area is 233 Å². The van der Waals surface area contributed by atoms with Crippen LogP contribution in [-0.4, -0.2) is 34.6 Å². The van der Waals surface area contributed by atoms with Gasteiger partial charge in [0, 0.05) is 29.2 Å². The van der Waals surface area contributed by atoms with E-state index in [1.807, 2.05) is 54.6 Å². The number of nitrogens with one attached hydrogen (secondary N) is 1. The van der Waals surface area contributed by atoms with E-state index in [9.17, 15) is 9.59 Å². The zero-order valence-electron chi connectivity index (χ0n) is 21.4. The van der Waals surface area contributed by atoms with Crippen LogP contribution in [0, 0.1) is 6.92 Å². The number of halogens is 1. The molecule has 2 amide bonds. The van der Waals surface area contributed by atoms with Crippen molar-refractivity contribution in [2.75, 3.05) is 5.75 Å². The topological polar surface area (TPSA) is 49.4 Å². The number of rotatable bonds is 11. The summed E-state index contributed by atoms with van der Waals surface area (Å²) < 4.78 is 0.989. The highest BCUT2D eigenvalue weighted by atomic mass is 79.9. The smallest absolute Gasteiger partial charge is 0.243 e. The van der Waals surface area contributed by atoms with Crippen LogP contribution in [0.5, 0.6) is 0 Å². The Balaban J connectivity index is 1.56. The Kier molecular flexibility index (Phi) is 10.3. The van der Waals surface area contributed by atoms with E-state index in [-0.39, 0.29) is 17.9 Å². The molecule has 0 unspecified atom stereocenters. The van der Waals surface area contributed by atoms with E-state index in [1.165, 1.54) is 11.1 Å². The summed E-state index contributed by atoms with van der Waals surface area (Å²) in [5.74, 6) is 1.02. The first kappa shape index (κ1) is 27.5. The Hall–Kier alpha value is -2.57. The van der Waals surface area contributed by atoms with Crippen LogP contribution in [0.3, 0.4) is 0 Å². The highest BCUT2D eigenvalue weighted by Gasteiger charge is 2.32. The van der Waals surface area contributed by atoms with Crippen molar-refractivity contribution in [1.29, 1.82) is 0 Å². The van der Waals surface area contributed by atoms with Crippen molar-refractivity contribution in [1.82, 2.24) is 10.2 Å². The molecule has 0 aromatic heterocycles. The number of amides is 2. The van der Waals surface area contributed by atoms with Gasteiger partial charge in [-0.2, -0.15) is 0 Å². The summed E-state index contributed by atoms with van der Waals surface area (Å²) in [6.45, 7) is 2.48. The van der Waals surface area contributed by atoms with Gasteiger partial charge in [-0.25, -0.2) is 0 Å². The number of carbonyl (C=O) groups is 2.